The normalized spacial score (nSPS) is 14.2. The highest BCUT2D eigenvalue weighted by Gasteiger charge is 2.22. The number of benzene rings is 2. The molecule has 1 aromatic heterocycles. The van der Waals surface area contributed by atoms with Crippen LogP contribution in [0.3, 0.4) is 0 Å². The Labute approximate surface area is 187 Å². The topological polar surface area (TPSA) is 67.9 Å². The number of ether oxygens (including phenoxy) is 1. The summed E-state index contributed by atoms with van der Waals surface area (Å²) in [6, 6.07) is 13.4. The third kappa shape index (κ3) is 4.29. The first-order chi connectivity index (χ1) is 15.5. The first-order valence-electron chi connectivity index (χ1n) is 11.0. The molecule has 164 valence electrons. The third-order valence-corrected chi connectivity index (χ3v) is 6.32. The van der Waals surface area contributed by atoms with Crippen molar-refractivity contribution in [1.29, 1.82) is 5.26 Å². The van der Waals surface area contributed by atoms with Gasteiger partial charge >= 0.3 is 0 Å². The summed E-state index contributed by atoms with van der Waals surface area (Å²) in [4.78, 5) is 18.4. The molecule has 1 aliphatic carbocycles. The molecule has 1 fully saturated rings. The molecule has 0 aliphatic heterocycles. The number of hydrogen-bond acceptors (Lipinski definition) is 4. The number of nitrogens with zero attached hydrogens (tertiary/aromatic N) is 3. The second kappa shape index (κ2) is 9.35. The number of rotatable bonds is 5. The van der Waals surface area contributed by atoms with E-state index in [1.54, 1.807) is 36.9 Å². The largest absolute Gasteiger partial charge is 0.497 e. The summed E-state index contributed by atoms with van der Waals surface area (Å²) < 4.78 is 21.3. The molecule has 2 aromatic carbocycles. The Morgan fingerprint density at radius 1 is 1.12 bits per heavy atom. The Hall–Kier alpha value is -3.46. The van der Waals surface area contributed by atoms with Crippen molar-refractivity contribution < 1.29 is 9.13 Å². The van der Waals surface area contributed by atoms with Crippen molar-refractivity contribution in [2.75, 3.05) is 7.11 Å². The first kappa shape index (κ1) is 21.8. The molecule has 4 rings (SSSR count). The van der Waals surface area contributed by atoms with Crippen molar-refractivity contribution in [3.63, 3.8) is 0 Å². The molecule has 1 saturated carbocycles. The monoisotopic (exact) mass is 431 g/mol. The van der Waals surface area contributed by atoms with E-state index in [1.807, 2.05) is 18.2 Å². The zero-order chi connectivity index (χ0) is 22.7. The fourth-order valence-corrected chi connectivity index (χ4v) is 4.46. The van der Waals surface area contributed by atoms with Crippen LogP contribution >= 0.6 is 0 Å². The van der Waals surface area contributed by atoms with E-state index in [9.17, 15) is 9.18 Å². The summed E-state index contributed by atoms with van der Waals surface area (Å²) in [5.74, 6) is 1.26. The summed E-state index contributed by atoms with van der Waals surface area (Å²) in [5.41, 5.74) is 1.80. The lowest BCUT2D eigenvalue weighted by molar-refractivity contribution is 0.347. The smallest absolute Gasteiger partial charge is 0.261 e. The standard InChI is InChI=1S/C26H26FN3O2/c1-30-23(14-17-6-4-3-5-7-17)29-25(19-8-9-20(16-28)22(27)15-19)24(26(30)31)18-10-12-21(32-2)13-11-18/h8-13,15,17H,3-7,14H2,1-2H3. The summed E-state index contributed by atoms with van der Waals surface area (Å²) in [7, 11) is 3.34. The van der Waals surface area contributed by atoms with Crippen molar-refractivity contribution >= 4 is 0 Å². The van der Waals surface area contributed by atoms with Crippen molar-refractivity contribution in [2.24, 2.45) is 13.0 Å². The molecule has 1 heterocycles. The van der Waals surface area contributed by atoms with Crippen molar-refractivity contribution in [2.45, 2.75) is 38.5 Å². The van der Waals surface area contributed by atoms with Gasteiger partial charge in [0.05, 0.1) is 23.9 Å². The van der Waals surface area contributed by atoms with Crippen LogP contribution < -0.4 is 10.3 Å². The number of halogens is 1. The summed E-state index contributed by atoms with van der Waals surface area (Å²) >= 11 is 0. The maximum absolute atomic E-state index is 14.5. The molecule has 32 heavy (non-hydrogen) atoms. The van der Waals surface area contributed by atoms with Crippen LogP contribution in [0.4, 0.5) is 4.39 Å². The van der Waals surface area contributed by atoms with Gasteiger partial charge in [-0.25, -0.2) is 9.37 Å². The molecule has 0 radical (unpaired) electrons. The van der Waals surface area contributed by atoms with E-state index >= 15 is 0 Å². The Morgan fingerprint density at radius 3 is 2.44 bits per heavy atom. The van der Waals surface area contributed by atoms with Gasteiger partial charge in [-0.15, -0.1) is 0 Å². The molecular weight excluding hydrogens is 405 g/mol. The van der Waals surface area contributed by atoms with Gasteiger partial charge in [-0.2, -0.15) is 5.26 Å². The van der Waals surface area contributed by atoms with E-state index in [1.165, 1.54) is 31.4 Å². The van der Waals surface area contributed by atoms with Crippen LogP contribution in [0.25, 0.3) is 22.4 Å². The number of methoxy groups -OCH3 is 1. The van der Waals surface area contributed by atoms with Gasteiger partial charge in [0.15, 0.2) is 0 Å². The Balaban J connectivity index is 1.89. The fourth-order valence-electron chi connectivity index (χ4n) is 4.46. The minimum Gasteiger partial charge on any atom is -0.497 e. The quantitative estimate of drug-likeness (QED) is 0.553. The third-order valence-electron chi connectivity index (χ3n) is 6.32. The Kier molecular flexibility index (Phi) is 6.36. The zero-order valence-corrected chi connectivity index (χ0v) is 18.4. The molecular formula is C26H26FN3O2. The van der Waals surface area contributed by atoms with Crippen LogP contribution in [0.1, 0.15) is 43.5 Å². The number of hydrogen-bond donors (Lipinski definition) is 0. The van der Waals surface area contributed by atoms with Crippen LogP contribution in [-0.2, 0) is 13.5 Å². The van der Waals surface area contributed by atoms with Crippen molar-refractivity contribution in [3.8, 4) is 34.2 Å². The predicted octanol–water partition coefficient (Wildman–Crippen LogP) is 5.26. The average Bonchev–Trinajstić information content (AvgIpc) is 2.82. The first-order valence-corrected chi connectivity index (χ1v) is 11.0. The molecule has 0 amide bonds. The lowest BCUT2D eigenvalue weighted by Crippen LogP contribution is -2.27. The number of aromatic nitrogens is 2. The van der Waals surface area contributed by atoms with Gasteiger partial charge in [0, 0.05) is 19.0 Å². The van der Waals surface area contributed by atoms with E-state index in [0.717, 1.165) is 19.3 Å². The average molecular weight is 432 g/mol. The SMILES string of the molecule is COc1ccc(-c2c(-c3ccc(C#N)c(F)c3)nc(CC3CCCCC3)n(C)c2=O)cc1. The fraction of sp³-hybridized carbons (Fsp3) is 0.346. The van der Waals surface area contributed by atoms with E-state index in [0.29, 0.717) is 39.9 Å². The van der Waals surface area contributed by atoms with Gasteiger partial charge < -0.3 is 4.74 Å². The molecule has 5 nitrogen and oxygen atoms in total. The highest BCUT2D eigenvalue weighted by Crippen LogP contribution is 2.32. The van der Waals surface area contributed by atoms with E-state index in [-0.39, 0.29) is 11.1 Å². The van der Waals surface area contributed by atoms with Crippen LogP contribution in [0, 0.1) is 23.1 Å². The van der Waals surface area contributed by atoms with E-state index in [4.69, 9.17) is 15.0 Å². The molecule has 0 atom stereocenters. The number of nitriles is 1. The van der Waals surface area contributed by atoms with Crippen molar-refractivity contribution in [3.05, 3.63) is 70.0 Å². The van der Waals surface area contributed by atoms with Crippen LogP contribution in [0.2, 0.25) is 0 Å². The minimum absolute atomic E-state index is 0.0361. The van der Waals surface area contributed by atoms with Gasteiger partial charge in [-0.05, 0) is 35.7 Å². The molecule has 0 N–H and O–H groups in total. The second-order valence-corrected chi connectivity index (χ2v) is 8.36. The molecule has 6 heteroatoms. The van der Waals surface area contributed by atoms with Gasteiger partial charge in [0.2, 0.25) is 0 Å². The second-order valence-electron chi connectivity index (χ2n) is 8.36. The Morgan fingerprint density at radius 2 is 1.81 bits per heavy atom. The molecule has 0 spiro atoms. The van der Waals surface area contributed by atoms with Crippen LogP contribution in [0.15, 0.2) is 47.3 Å². The van der Waals surface area contributed by atoms with E-state index < -0.39 is 5.82 Å². The van der Waals surface area contributed by atoms with Gasteiger partial charge in [-0.3, -0.25) is 9.36 Å². The molecule has 1 aliphatic rings. The van der Waals surface area contributed by atoms with E-state index in [2.05, 4.69) is 0 Å². The van der Waals surface area contributed by atoms with Crippen LogP contribution in [0.5, 0.6) is 5.75 Å². The highest BCUT2D eigenvalue weighted by molar-refractivity contribution is 5.80. The highest BCUT2D eigenvalue weighted by atomic mass is 19.1. The maximum Gasteiger partial charge on any atom is 0.261 e. The predicted molar refractivity (Wildman–Crippen MR) is 122 cm³/mol. The van der Waals surface area contributed by atoms with Gasteiger partial charge in [-0.1, -0.05) is 50.3 Å². The molecule has 0 saturated heterocycles. The van der Waals surface area contributed by atoms with Crippen molar-refractivity contribution in [1.82, 2.24) is 9.55 Å². The summed E-state index contributed by atoms with van der Waals surface area (Å²) in [6.45, 7) is 0. The minimum atomic E-state index is -0.623. The zero-order valence-electron chi connectivity index (χ0n) is 18.4. The van der Waals surface area contributed by atoms with Gasteiger partial charge in [0.25, 0.3) is 5.56 Å². The Bertz CT molecular complexity index is 1220. The molecule has 0 bridgehead atoms. The summed E-state index contributed by atoms with van der Waals surface area (Å²) in [5, 5.41) is 9.10. The van der Waals surface area contributed by atoms with Crippen LogP contribution in [-0.4, -0.2) is 16.7 Å². The molecule has 0 unspecified atom stereocenters. The lowest BCUT2D eigenvalue weighted by Gasteiger charge is -2.23. The molecule has 3 aromatic rings. The van der Waals surface area contributed by atoms with Gasteiger partial charge in [0.1, 0.15) is 23.5 Å². The lowest BCUT2D eigenvalue weighted by atomic mass is 9.86. The maximum atomic E-state index is 14.5. The summed E-state index contributed by atoms with van der Waals surface area (Å²) in [6.07, 6.45) is 6.66.